The van der Waals surface area contributed by atoms with Crippen molar-refractivity contribution in [2.24, 2.45) is 0 Å². The summed E-state index contributed by atoms with van der Waals surface area (Å²) >= 11 is 1.77. The van der Waals surface area contributed by atoms with Gasteiger partial charge in [0, 0.05) is 19.4 Å². The number of carbonyl (C=O) groups excluding carboxylic acids is 2. The quantitative estimate of drug-likeness (QED) is 0.449. The van der Waals surface area contributed by atoms with Crippen LogP contribution in [-0.4, -0.2) is 49.6 Å². The molecule has 0 bridgehead atoms. The average Bonchev–Trinajstić information content (AvgIpc) is 2.46. The molecule has 0 aliphatic rings. The van der Waals surface area contributed by atoms with Crippen LogP contribution in [0.15, 0.2) is 0 Å². The van der Waals surface area contributed by atoms with Crippen LogP contribution in [0.1, 0.15) is 53.4 Å². The zero-order valence-corrected chi connectivity index (χ0v) is 15.9. The number of nitrogens with one attached hydrogen (secondary N) is 2. The highest BCUT2D eigenvalue weighted by molar-refractivity contribution is 7.98. The minimum Gasteiger partial charge on any atom is -0.360 e. The summed E-state index contributed by atoms with van der Waals surface area (Å²) in [5, 5.41) is 5.87. The fourth-order valence-electron chi connectivity index (χ4n) is 1.31. The first-order valence-corrected chi connectivity index (χ1v) is 9.22. The standard InChI is InChI=1S/C12H26N2O2S.C4H8O/c1-12(2,16-10-13-3)7-8-14-11(15)6-5-9-17-4;1-3-4(2)5/h13H,5-10H2,1-4H3,(H,14,15);3H2,1-2H3. The van der Waals surface area contributed by atoms with Gasteiger partial charge < -0.3 is 14.8 Å². The first kappa shape index (κ1) is 23.7. The second-order valence-corrected chi connectivity index (χ2v) is 6.64. The van der Waals surface area contributed by atoms with Crippen LogP contribution in [0.25, 0.3) is 0 Å². The lowest BCUT2D eigenvalue weighted by atomic mass is 10.1. The Hall–Kier alpha value is -0.590. The van der Waals surface area contributed by atoms with E-state index >= 15 is 0 Å². The lowest BCUT2D eigenvalue weighted by Gasteiger charge is -2.25. The van der Waals surface area contributed by atoms with Gasteiger partial charge >= 0.3 is 0 Å². The molecule has 1 amide bonds. The zero-order valence-electron chi connectivity index (χ0n) is 15.1. The number of rotatable bonds is 11. The molecule has 22 heavy (non-hydrogen) atoms. The summed E-state index contributed by atoms with van der Waals surface area (Å²) < 4.78 is 5.59. The third kappa shape index (κ3) is 19.4. The van der Waals surface area contributed by atoms with Crippen LogP contribution in [0, 0.1) is 0 Å². The largest absolute Gasteiger partial charge is 0.360 e. The van der Waals surface area contributed by atoms with Crippen molar-refractivity contribution in [2.45, 2.75) is 59.0 Å². The normalized spacial score (nSPS) is 10.6. The molecule has 0 aromatic rings. The predicted octanol–water partition coefficient (Wildman–Crippen LogP) is 2.59. The second kappa shape index (κ2) is 15.3. The first-order chi connectivity index (χ1) is 10.3. The summed E-state index contributed by atoms with van der Waals surface area (Å²) in [5.41, 5.74) is -0.199. The van der Waals surface area contributed by atoms with Crippen molar-refractivity contribution >= 4 is 23.5 Å². The minimum absolute atomic E-state index is 0.142. The molecule has 0 saturated carbocycles. The molecule has 132 valence electrons. The molecule has 0 spiro atoms. The fraction of sp³-hybridized carbons (Fsp3) is 0.875. The maximum Gasteiger partial charge on any atom is 0.220 e. The lowest BCUT2D eigenvalue weighted by Crippen LogP contribution is -2.34. The van der Waals surface area contributed by atoms with Gasteiger partial charge in [-0.25, -0.2) is 0 Å². The fourth-order valence-corrected chi connectivity index (χ4v) is 1.74. The number of ketones is 1. The summed E-state index contributed by atoms with van der Waals surface area (Å²) in [6.45, 7) is 8.71. The summed E-state index contributed by atoms with van der Waals surface area (Å²) in [6.07, 6.45) is 5.12. The van der Waals surface area contributed by atoms with E-state index in [0.29, 0.717) is 26.1 Å². The van der Waals surface area contributed by atoms with Crippen molar-refractivity contribution < 1.29 is 14.3 Å². The number of carbonyl (C=O) groups is 2. The zero-order chi connectivity index (χ0) is 17.4. The molecule has 0 rings (SSSR count). The molecule has 0 fully saturated rings. The molecule has 0 aromatic carbocycles. The van der Waals surface area contributed by atoms with Gasteiger partial charge in [-0.05, 0) is 52.7 Å². The van der Waals surface area contributed by atoms with Crippen molar-refractivity contribution in [2.75, 3.05) is 32.3 Å². The molecular formula is C16H34N2O3S. The number of thioether (sulfide) groups is 1. The van der Waals surface area contributed by atoms with Crippen LogP contribution in [0.5, 0.6) is 0 Å². The number of Topliss-reactive ketones (excluding diaryl/α,β-unsaturated/α-hetero) is 1. The first-order valence-electron chi connectivity index (χ1n) is 7.82. The molecule has 6 heteroatoms. The molecule has 0 heterocycles. The smallest absolute Gasteiger partial charge is 0.220 e. The van der Waals surface area contributed by atoms with E-state index in [1.165, 1.54) is 0 Å². The van der Waals surface area contributed by atoms with Crippen molar-refractivity contribution in [1.82, 2.24) is 10.6 Å². The van der Waals surface area contributed by atoms with Crippen molar-refractivity contribution in [3.63, 3.8) is 0 Å². The molecule has 0 atom stereocenters. The van der Waals surface area contributed by atoms with Gasteiger partial charge in [-0.15, -0.1) is 0 Å². The van der Waals surface area contributed by atoms with E-state index in [0.717, 1.165) is 18.6 Å². The number of hydrogen-bond donors (Lipinski definition) is 2. The third-order valence-corrected chi connectivity index (χ3v) is 3.60. The van der Waals surface area contributed by atoms with E-state index in [1.807, 2.05) is 27.8 Å². The van der Waals surface area contributed by atoms with E-state index in [-0.39, 0.29) is 17.3 Å². The van der Waals surface area contributed by atoms with Gasteiger partial charge in [0.05, 0.1) is 12.3 Å². The van der Waals surface area contributed by atoms with Crippen LogP contribution in [-0.2, 0) is 14.3 Å². The van der Waals surface area contributed by atoms with Crippen LogP contribution < -0.4 is 10.6 Å². The number of amides is 1. The lowest BCUT2D eigenvalue weighted by molar-refractivity contribution is -0.121. The Bertz CT molecular complexity index is 297. The van der Waals surface area contributed by atoms with E-state index in [9.17, 15) is 9.59 Å². The Morgan fingerprint density at radius 1 is 1.27 bits per heavy atom. The van der Waals surface area contributed by atoms with E-state index in [1.54, 1.807) is 18.7 Å². The topological polar surface area (TPSA) is 67.4 Å². The molecule has 0 aliphatic carbocycles. The van der Waals surface area contributed by atoms with Crippen molar-refractivity contribution in [1.29, 1.82) is 0 Å². The van der Waals surface area contributed by atoms with Crippen LogP contribution in [0.2, 0.25) is 0 Å². The molecule has 0 aliphatic heterocycles. The highest BCUT2D eigenvalue weighted by atomic mass is 32.2. The summed E-state index contributed by atoms with van der Waals surface area (Å²) in [7, 11) is 1.85. The van der Waals surface area contributed by atoms with Gasteiger partial charge in [-0.2, -0.15) is 11.8 Å². The Labute approximate surface area is 140 Å². The number of hydrogen-bond acceptors (Lipinski definition) is 5. The van der Waals surface area contributed by atoms with Gasteiger partial charge in [0.1, 0.15) is 5.78 Å². The number of ether oxygens (including phenoxy) is 1. The maximum absolute atomic E-state index is 11.4. The van der Waals surface area contributed by atoms with Crippen LogP contribution in [0.4, 0.5) is 0 Å². The van der Waals surface area contributed by atoms with E-state index < -0.39 is 0 Å². The molecule has 2 N–H and O–H groups in total. The maximum atomic E-state index is 11.4. The van der Waals surface area contributed by atoms with Gasteiger partial charge in [0.2, 0.25) is 5.91 Å². The Balaban J connectivity index is 0. The third-order valence-electron chi connectivity index (χ3n) is 2.91. The van der Waals surface area contributed by atoms with Gasteiger partial charge in [-0.3, -0.25) is 10.1 Å². The molecule has 5 nitrogen and oxygen atoms in total. The molecule has 0 unspecified atom stereocenters. The van der Waals surface area contributed by atoms with Crippen LogP contribution >= 0.6 is 11.8 Å². The van der Waals surface area contributed by atoms with E-state index in [2.05, 4.69) is 16.9 Å². The highest BCUT2D eigenvalue weighted by Crippen LogP contribution is 2.12. The SMILES string of the molecule is CCC(C)=O.CNCOC(C)(C)CCNC(=O)CCCSC. The highest BCUT2D eigenvalue weighted by Gasteiger charge is 2.17. The summed E-state index contributed by atoms with van der Waals surface area (Å²) in [6, 6.07) is 0. The second-order valence-electron chi connectivity index (χ2n) is 5.65. The summed E-state index contributed by atoms with van der Waals surface area (Å²) in [5.74, 6) is 1.44. The van der Waals surface area contributed by atoms with E-state index in [4.69, 9.17) is 4.74 Å². The molecule has 0 radical (unpaired) electrons. The van der Waals surface area contributed by atoms with Crippen molar-refractivity contribution in [3.8, 4) is 0 Å². The predicted molar refractivity (Wildman–Crippen MR) is 95.3 cm³/mol. The molecule has 0 saturated heterocycles. The molecule has 0 aromatic heterocycles. The van der Waals surface area contributed by atoms with Crippen molar-refractivity contribution in [3.05, 3.63) is 0 Å². The van der Waals surface area contributed by atoms with Gasteiger partial charge in [0.15, 0.2) is 0 Å². The Kier molecular flexibility index (Phi) is 16.5. The Morgan fingerprint density at radius 3 is 2.32 bits per heavy atom. The summed E-state index contributed by atoms with van der Waals surface area (Å²) in [4.78, 5) is 21.3. The van der Waals surface area contributed by atoms with Gasteiger partial charge in [-0.1, -0.05) is 6.92 Å². The minimum atomic E-state index is -0.199. The molecular weight excluding hydrogens is 300 g/mol. The monoisotopic (exact) mass is 334 g/mol. The average molecular weight is 335 g/mol. The van der Waals surface area contributed by atoms with Gasteiger partial charge in [0.25, 0.3) is 0 Å². The van der Waals surface area contributed by atoms with Crippen LogP contribution in [0.3, 0.4) is 0 Å². The Morgan fingerprint density at radius 2 is 1.86 bits per heavy atom.